The van der Waals surface area contributed by atoms with Gasteiger partial charge in [0, 0.05) is 26.3 Å². The number of methoxy groups -OCH3 is 1. The number of nitrogens with one attached hydrogen (secondary N) is 1. The Morgan fingerprint density at radius 2 is 2.05 bits per heavy atom. The number of nitrogens with zero attached hydrogens (tertiary/aromatic N) is 1. The number of aliphatic carboxylic acids is 1. The minimum Gasteiger partial charge on any atom is -0.480 e. The molecule has 2 N–H and O–H groups in total. The summed E-state index contributed by atoms with van der Waals surface area (Å²) in [4.78, 5) is 25.2. The maximum absolute atomic E-state index is 12.2. The van der Waals surface area contributed by atoms with Crippen LogP contribution in [0, 0.1) is 5.92 Å². The molecule has 20 heavy (non-hydrogen) atoms. The summed E-state index contributed by atoms with van der Waals surface area (Å²) >= 11 is 0. The zero-order valence-electron chi connectivity index (χ0n) is 12.6. The van der Waals surface area contributed by atoms with Gasteiger partial charge in [0.2, 0.25) is 0 Å². The van der Waals surface area contributed by atoms with Gasteiger partial charge in [-0.2, -0.15) is 0 Å². The molecule has 0 aromatic carbocycles. The van der Waals surface area contributed by atoms with Crippen LogP contribution in [0.3, 0.4) is 0 Å². The minimum atomic E-state index is -0.991. The van der Waals surface area contributed by atoms with E-state index in [-0.39, 0.29) is 12.1 Å². The molecule has 0 aliphatic heterocycles. The Labute approximate surface area is 120 Å². The van der Waals surface area contributed by atoms with Gasteiger partial charge in [0.25, 0.3) is 0 Å². The summed E-state index contributed by atoms with van der Waals surface area (Å²) in [6.45, 7) is 5.27. The van der Waals surface area contributed by atoms with Gasteiger partial charge in [-0.15, -0.1) is 0 Å². The topological polar surface area (TPSA) is 78.9 Å². The number of rotatable bonds is 9. The quantitative estimate of drug-likeness (QED) is 0.632. The third-order valence-electron chi connectivity index (χ3n) is 3.25. The summed E-state index contributed by atoms with van der Waals surface area (Å²) in [5.74, 6) is -0.618. The molecule has 0 radical (unpaired) electrons. The van der Waals surface area contributed by atoms with Crippen LogP contribution in [0.2, 0.25) is 0 Å². The van der Waals surface area contributed by atoms with Gasteiger partial charge < -0.3 is 20.1 Å². The molecule has 0 heterocycles. The summed E-state index contributed by atoms with van der Waals surface area (Å²) in [6.07, 6.45) is 3.03. The van der Waals surface area contributed by atoms with E-state index in [1.807, 2.05) is 0 Å². The van der Waals surface area contributed by atoms with Crippen molar-refractivity contribution < 1.29 is 19.4 Å². The van der Waals surface area contributed by atoms with E-state index in [0.717, 1.165) is 12.8 Å². The van der Waals surface area contributed by atoms with Crippen LogP contribution in [0.25, 0.3) is 0 Å². The predicted molar refractivity (Wildman–Crippen MR) is 75.6 cm³/mol. The fourth-order valence-electron chi connectivity index (χ4n) is 2.10. The maximum atomic E-state index is 12.2. The molecule has 1 aliphatic rings. The molecule has 116 valence electrons. The van der Waals surface area contributed by atoms with Gasteiger partial charge in [0.15, 0.2) is 0 Å². The Balaban J connectivity index is 2.51. The van der Waals surface area contributed by atoms with Gasteiger partial charge in [-0.3, -0.25) is 0 Å². The number of ether oxygens (including phenoxy) is 1. The molecule has 0 aromatic heterocycles. The summed E-state index contributed by atoms with van der Waals surface area (Å²) in [6, 6.07) is -0.817. The average Bonchev–Trinajstić information content (AvgIpc) is 3.18. The van der Waals surface area contributed by atoms with Crippen LogP contribution in [0.5, 0.6) is 0 Å². The number of hydrogen-bond donors (Lipinski definition) is 2. The van der Waals surface area contributed by atoms with Crippen LogP contribution in [0.4, 0.5) is 4.79 Å². The molecule has 1 fully saturated rings. The fourth-order valence-corrected chi connectivity index (χ4v) is 2.10. The van der Waals surface area contributed by atoms with Crippen LogP contribution < -0.4 is 5.32 Å². The average molecular weight is 286 g/mol. The van der Waals surface area contributed by atoms with Crippen molar-refractivity contribution in [3.8, 4) is 0 Å². The molecular formula is C14H26N2O4. The van der Waals surface area contributed by atoms with Crippen LogP contribution >= 0.6 is 0 Å². The molecule has 0 bridgehead atoms. The van der Waals surface area contributed by atoms with Crippen molar-refractivity contribution in [3.05, 3.63) is 0 Å². The first kappa shape index (κ1) is 16.8. The van der Waals surface area contributed by atoms with Crippen LogP contribution in [0.15, 0.2) is 0 Å². The van der Waals surface area contributed by atoms with Crippen molar-refractivity contribution >= 4 is 12.0 Å². The number of carboxylic acid groups (broad SMARTS) is 1. The molecule has 6 heteroatoms. The number of hydrogen-bond acceptors (Lipinski definition) is 3. The van der Waals surface area contributed by atoms with E-state index in [9.17, 15) is 9.59 Å². The van der Waals surface area contributed by atoms with E-state index in [1.54, 1.807) is 12.0 Å². The summed E-state index contributed by atoms with van der Waals surface area (Å²) in [7, 11) is 1.58. The van der Waals surface area contributed by atoms with Crippen molar-refractivity contribution in [3.63, 3.8) is 0 Å². The van der Waals surface area contributed by atoms with E-state index < -0.39 is 12.0 Å². The third kappa shape index (κ3) is 5.77. The Morgan fingerprint density at radius 1 is 1.40 bits per heavy atom. The lowest BCUT2D eigenvalue weighted by Gasteiger charge is -2.26. The first-order valence-electron chi connectivity index (χ1n) is 7.24. The summed E-state index contributed by atoms with van der Waals surface area (Å²) < 4.78 is 4.91. The molecule has 0 saturated heterocycles. The Hall–Kier alpha value is -1.30. The Bertz CT molecular complexity index is 329. The van der Waals surface area contributed by atoms with Gasteiger partial charge in [-0.05, 0) is 31.6 Å². The van der Waals surface area contributed by atoms with Crippen molar-refractivity contribution in [2.45, 2.75) is 51.6 Å². The highest BCUT2D eigenvalue weighted by Crippen LogP contribution is 2.27. The molecule has 1 saturated carbocycles. The number of carbonyl (C=O) groups is 2. The van der Waals surface area contributed by atoms with E-state index in [2.05, 4.69) is 19.2 Å². The van der Waals surface area contributed by atoms with Gasteiger partial charge in [-0.25, -0.2) is 9.59 Å². The molecule has 2 amide bonds. The molecule has 1 unspecified atom stereocenters. The van der Waals surface area contributed by atoms with E-state index in [1.165, 1.54) is 0 Å². The maximum Gasteiger partial charge on any atom is 0.326 e. The van der Waals surface area contributed by atoms with E-state index in [4.69, 9.17) is 9.84 Å². The van der Waals surface area contributed by atoms with Crippen LogP contribution in [-0.2, 0) is 9.53 Å². The van der Waals surface area contributed by atoms with E-state index >= 15 is 0 Å². The van der Waals surface area contributed by atoms with Gasteiger partial charge >= 0.3 is 12.0 Å². The van der Waals surface area contributed by atoms with Crippen LogP contribution in [-0.4, -0.2) is 54.4 Å². The minimum absolute atomic E-state index is 0.258. The second-order valence-corrected chi connectivity index (χ2v) is 5.75. The lowest BCUT2D eigenvalue weighted by atomic mass is 10.1. The third-order valence-corrected chi connectivity index (χ3v) is 3.25. The van der Waals surface area contributed by atoms with Gasteiger partial charge in [0.1, 0.15) is 6.04 Å². The molecular weight excluding hydrogens is 260 g/mol. The zero-order chi connectivity index (χ0) is 15.1. The smallest absolute Gasteiger partial charge is 0.326 e. The Morgan fingerprint density at radius 3 is 2.50 bits per heavy atom. The van der Waals surface area contributed by atoms with Gasteiger partial charge in [0.05, 0.1) is 0 Å². The summed E-state index contributed by atoms with van der Waals surface area (Å²) in [5, 5.41) is 11.8. The first-order valence-corrected chi connectivity index (χ1v) is 7.24. The van der Waals surface area contributed by atoms with E-state index in [0.29, 0.717) is 31.9 Å². The monoisotopic (exact) mass is 286 g/mol. The largest absolute Gasteiger partial charge is 0.480 e. The fraction of sp³-hybridized carbons (Fsp3) is 0.857. The summed E-state index contributed by atoms with van der Waals surface area (Å²) in [5.41, 5.74) is 0. The van der Waals surface area contributed by atoms with Crippen LogP contribution in [0.1, 0.15) is 39.5 Å². The first-order chi connectivity index (χ1) is 9.45. The highest BCUT2D eigenvalue weighted by Gasteiger charge is 2.34. The molecule has 0 spiro atoms. The Kier molecular flexibility index (Phi) is 6.78. The number of amides is 2. The number of urea groups is 1. The normalized spacial score (nSPS) is 16.0. The predicted octanol–water partition coefficient (Wildman–Crippen LogP) is 1.70. The highest BCUT2D eigenvalue weighted by atomic mass is 16.5. The second kappa shape index (κ2) is 8.09. The van der Waals surface area contributed by atoms with Crippen molar-refractivity contribution in [2.75, 3.05) is 20.3 Å². The van der Waals surface area contributed by atoms with Crippen molar-refractivity contribution in [1.29, 1.82) is 0 Å². The molecule has 1 aliphatic carbocycles. The van der Waals surface area contributed by atoms with Crippen molar-refractivity contribution in [1.82, 2.24) is 10.2 Å². The molecule has 0 aromatic rings. The molecule has 1 atom stereocenters. The lowest BCUT2D eigenvalue weighted by Crippen LogP contribution is -2.49. The molecule has 6 nitrogen and oxygen atoms in total. The lowest BCUT2D eigenvalue weighted by molar-refractivity contribution is -0.139. The van der Waals surface area contributed by atoms with Crippen molar-refractivity contribution in [2.24, 2.45) is 5.92 Å². The highest BCUT2D eigenvalue weighted by molar-refractivity contribution is 5.82. The zero-order valence-corrected chi connectivity index (χ0v) is 12.6. The number of carbonyl (C=O) groups excluding carboxylic acids is 1. The SMILES string of the molecule is COCCCC(NC(=O)N(CC(C)C)C1CC1)C(=O)O. The van der Waals surface area contributed by atoms with Gasteiger partial charge in [-0.1, -0.05) is 13.8 Å². The second-order valence-electron chi connectivity index (χ2n) is 5.75. The number of carboxylic acids is 1. The standard InChI is InChI=1S/C14H26N2O4/c1-10(2)9-16(11-6-7-11)14(19)15-12(13(17)18)5-4-8-20-3/h10-12H,4-9H2,1-3H3,(H,15,19)(H,17,18). The molecule has 1 rings (SSSR count).